The SMILES string of the molecule is CC(C)COC(=O)[C@H](CCC(=O)O[C@@H](C)C(=O)O)NC(=O)OC(C)(C)C. The van der Waals surface area contributed by atoms with Gasteiger partial charge in [0.1, 0.15) is 11.6 Å². The second kappa shape index (κ2) is 10.6. The monoisotopic (exact) mass is 375 g/mol. The molecule has 0 fully saturated rings. The molecule has 0 aromatic heterocycles. The molecule has 2 atom stereocenters. The van der Waals surface area contributed by atoms with E-state index < -0.39 is 41.7 Å². The number of nitrogens with one attached hydrogen (secondary N) is 1. The van der Waals surface area contributed by atoms with Gasteiger partial charge < -0.3 is 24.6 Å². The van der Waals surface area contributed by atoms with E-state index in [1.54, 1.807) is 20.8 Å². The molecule has 0 radical (unpaired) electrons. The third-order valence-corrected chi connectivity index (χ3v) is 2.83. The van der Waals surface area contributed by atoms with E-state index in [-0.39, 0.29) is 25.4 Å². The number of rotatable bonds is 9. The summed E-state index contributed by atoms with van der Waals surface area (Å²) in [5.41, 5.74) is -0.758. The van der Waals surface area contributed by atoms with Crippen LogP contribution in [0.3, 0.4) is 0 Å². The van der Waals surface area contributed by atoms with Crippen LogP contribution < -0.4 is 5.32 Å². The first-order chi connectivity index (χ1) is 11.8. The number of amides is 1. The first-order valence-corrected chi connectivity index (χ1v) is 8.40. The molecule has 9 heteroatoms. The number of carbonyl (C=O) groups is 4. The van der Waals surface area contributed by atoms with E-state index in [2.05, 4.69) is 5.32 Å². The minimum Gasteiger partial charge on any atom is -0.479 e. The van der Waals surface area contributed by atoms with E-state index in [1.165, 1.54) is 6.92 Å². The van der Waals surface area contributed by atoms with Crippen molar-refractivity contribution < 1.29 is 38.5 Å². The van der Waals surface area contributed by atoms with Gasteiger partial charge in [-0.25, -0.2) is 14.4 Å². The summed E-state index contributed by atoms with van der Waals surface area (Å²) in [6.45, 7) is 10.1. The van der Waals surface area contributed by atoms with Crippen molar-refractivity contribution in [3.8, 4) is 0 Å². The standard InChI is InChI=1S/C17H29NO8/c1-10(2)9-24-15(22)12(18-16(23)26-17(4,5)6)7-8-13(19)25-11(3)14(20)21/h10-12H,7-9H2,1-6H3,(H,18,23)(H,20,21)/t11-,12-/m0/s1. The topological polar surface area (TPSA) is 128 Å². The molecular weight excluding hydrogens is 346 g/mol. The molecule has 2 N–H and O–H groups in total. The van der Waals surface area contributed by atoms with E-state index in [9.17, 15) is 19.2 Å². The van der Waals surface area contributed by atoms with Gasteiger partial charge in [0.15, 0.2) is 6.10 Å². The van der Waals surface area contributed by atoms with Crippen molar-refractivity contribution in [2.24, 2.45) is 5.92 Å². The van der Waals surface area contributed by atoms with Crippen LogP contribution in [0.25, 0.3) is 0 Å². The number of hydrogen-bond donors (Lipinski definition) is 2. The Morgan fingerprint density at radius 1 is 1.08 bits per heavy atom. The molecule has 0 aliphatic carbocycles. The zero-order valence-electron chi connectivity index (χ0n) is 16.2. The summed E-state index contributed by atoms with van der Waals surface area (Å²) in [4.78, 5) is 46.4. The van der Waals surface area contributed by atoms with Crippen LogP contribution >= 0.6 is 0 Å². The van der Waals surface area contributed by atoms with Crippen molar-refractivity contribution in [2.75, 3.05) is 6.61 Å². The minimum absolute atomic E-state index is 0.0995. The molecule has 0 unspecified atom stereocenters. The van der Waals surface area contributed by atoms with E-state index in [1.807, 2.05) is 13.8 Å². The van der Waals surface area contributed by atoms with Gasteiger partial charge in [0.25, 0.3) is 0 Å². The summed E-state index contributed by atoms with van der Waals surface area (Å²) in [7, 11) is 0. The van der Waals surface area contributed by atoms with Crippen LogP contribution in [-0.4, -0.2) is 53.5 Å². The summed E-state index contributed by atoms with van der Waals surface area (Å²) < 4.78 is 14.9. The second-order valence-corrected chi connectivity index (χ2v) is 7.23. The van der Waals surface area contributed by atoms with Crippen LogP contribution in [0.2, 0.25) is 0 Å². The van der Waals surface area contributed by atoms with Crippen LogP contribution in [-0.2, 0) is 28.6 Å². The molecule has 0 rings (SSSR count). The molecular formula is C17H29NO8. The Kier molecular flexibility index (Phi) is 9.67. The summed E-state index contributed by atoms with van der Waals surface area (Å²) in [5.74, 6) is -2.68. The highest BCUT2D eigenvalue weighted by Crippen LogP contribution is 2.09. The predicted molar refractivity (Wildman–Crippen MR) is 91.4 cm³/mol. The lowest BCUT2D eigenvalue weighted by molar-refractivity contribution is -0.163. The Morgan fingerprint density at radius 2 is 1.65 bits per heavy atom. The number of carbonyl (C=O) groups excluding carboxylic acids is 3. The molecule has 9 nitrogen and oxygen atoms in total. The maximum absolute atomic E-state index is 12.2. The van der Waals surface area contributed by atoms with Crippen LogP contribution in [0.15, 0.2) is 0 Å². The van der Waals surface area contributed by atoms with Crippen molar-refractivity contribution in [2.45, 2.75) is 72.1 Å². The van der Waals surface area contributed by atoms with Gasteiger partial charge in [-0.1, -0.05) is 13.8 Å². The van der Waals surface area contributed by atoms with Crippen LogP contribution in [0, 0.1) is 5.92 Å². The lowest BCUT2D eigenvalue weighted by atomic mass is 10.1. The molecule has 0 heterocycles. The highest BCUT2D eigenvalue weighted by Gasteiger charge is 2.27. The van der Waals surface area contributed by atoms with Crippen molar-refractivity contribution in [3.63, 3.8) is 0 Å². The van der Waals surface area contributed by atoms with Gasteiger partial charge in [0.05, 0.1) is 6.61 Å². The lowest BCUT2D eigenvalue weighted by Gasteiger charge is -2.23. The summed E-state index contributed by atoms with van der Waals surface area (Å²) in [6.07, 6.45) is -2.50. The Morgan fingerprint density at radius 3 is 2.12 bits per heavy atom. The number of carboxylic acid groups (broad SMARTS) is 1. The van der Waals surface area contributed by atoms with Crippen LogP contribution in [0.5, 0.6) is 0 Å². The number of aliphatic carboxylic acids is 1. The largest absolute Gasteiger partial charge is 0.479 e. The summed E-state index contributed by atoms with van der Waals surface area (Å²) in [6, 6.07) is -1.11. The molecule has 0 aromatic rings. The third kappa shape index (κ3) is 11.3. The molecule has 1 amide bonds. The van der Waals surface area contributed by atoms with Gasteiger partial charge in [-0.2, -0.15) is 0 Å². The van der Waals surface area contributed by atoms with Crippen molar-refractivity contribution >= 4 is 24.0 Å². The van der Waals surface area contributed by atoms with Gasteiger partial charge in [0.2, 0.25) is 0 Å². The molecule has 0 spiro atoms. The van der Waals surface area contributed by atoms with Gasteiger partial charge in [0, 0.05) is 6.42 Å². The Hall–Kier alpha value is -2.32. The van der Waals surface area contributed by atoms with Gasteiger partial charge in [-0.05, 0) is 40.0 Å². The third-order valence-electron chi connectivity index (χ3n) is 2.83. The van der Waals surface area contributed by atoms with E-state index >= 15 is 0 Å². The molecule has 26 heavy (non-hydrogen) atoms. The second-order valence-electron chi connectivity index (χ2n) is 7.23. The van der Waals surface area contributed by atoms with E-state index in [0.717, 1.165) is 0 Å². The fraction of sp³-hybridized carbons (Fsp3) is 0.765. The van der Waals surface area contributed by atoms with Gasteiger partial charge in [-0.15, -0.1) is 0 Å². The number of esters is 2. The molecule has 150 valence electrons. The van der Waals surface area contributed by atoms with Crippen molar-refractivity contribution in [1.82, 2.24) is 5.32 Å². The average molecular weight is 375 g/mol. The maximum Gasteiger partial charge on any atom is 0.408 e. The quantitative estimate of drug-likeness (QED) is 0.462. The Balaban J connectivity index is 4.81. The normalized spacial score (nSPS) is 13.5. The first kappa shape index (κ1) is 23.7. The minimum atomic E-state index is -1.30. The van der Waals surface area contributed by atoms with E-state index in [0.29, 0.717) is 0 Å². The number of hydrogen-bond acceptors (Lipinski definition) is 7. The fourth-order valence-electron chi connectivity index (χ4n) is 1.62. The van der Waals surface area contributed by atoms with Crippen LogP contribution in [0.4, 0.5) is 4.79 Å². The Bertz CT molecular complexity index is 509. The average Bonchev–Trinajstić information content (AvgIpc) is 2.46. The molecule has 0 aliphatic rings. The van der Waals surface area contributed by atoms with Crippen molar-refractivity contribution in [3.05, 3.63) is 0 Å². The number of carboxylic acids is 1. The number of ether oxygens (including phenoxy) is 3. The van der Waals surface area contributed by atoms with Crippen LogP contribution in [0.1, 0.15) is 54.4 Å². The maximum atomic E-state index is 12.2. The molecule has 0 saturated heterocycles. The zero-order chi connectivity index (χ0) is 20.5. The van der Waals surface area contributed by atoms with E-state index in [4.69, 9.17) is 19.3 Å². The summed E-state index contributed by atoms with van der Waals surface area (Å²) in [5, 5.41) is 11.1. The fourth-order valence-corrected chi connectivity index (χ4v) is 1.62. The predicted octanol–water partition coefficient (Wildman–Crippen LogP) is 1.88. The van der Waals surface area contributed by atoms with Gasteiger partial charge >= 0.3 is 24.0 Å². The highest BCUT2D eigenvalue weighted by molar-refractivity contribution is 5.82. The summed E-state index contributed by atoms with van der Waals surface area (Å²) >= 11 is 0. The first-order valence-electron chi connectivity index (χ1n) is 8.40. The molecule has 0 aromatic carbocycles. The Labute approximate surface area is 153 Å². The molecule has 0 aliphatic heterocycles. The molecule has 0 bridgehead atoms. The zero-order valence-corrected chi connectivity index (χ0v) is 16.2. The highest BCUT2D eigenvalue weighted by atomic mass is 16.6. The molecule has 0 saturated carbocycles. The smallest absolute Gasteiger partial charge is 0.408 e. The lowest BCUT2D eigenvalue weighted by Crippen LogP contribution is -2.44. The van der Waals surface area contributed by atoms with Gasteiger partial charge in [-0.3, -0.25) is 4.79 Å². The van der Waals surface area contributed by atoms with Crippen molar-refractivity contribution in [1.29, 1.82) is 0 Å². The number of alkyl carbamates (subject to hydrolysis) is 1.